The quantitative estimate of drug-likeness (QED) is 0.747. The number of aliphatic hydroxyl groups excluding tert-OH is 1. The van der Waals surface area contributed by atoms with Gasteiger partial charge in [-0.05, 0) is 24.3 Å². The largest absolute Gasteiger partial charge is 0.394 e. The molecule has 3 aromatic rings. The molecule has 0 fully saturated rings. The van der Waals surface area contributed by atoms with E-state index in [4.69, 9.17) is 11.6 Å². The van der Waals surface area contributed by atoms with Gasteiger partial charge in [-0.1, -0.05) is 23.7 Å². The maximum absolute atomic E-state index is 12.3. The zero-order valence-electron chi connectivity index (χ0n) is 12.7. The molecule has 6 nitrogen and oxygen atoms in total. The average molecular weight is 343 g/mol. The van der Waals surface area contributed by atoms with E-state index in [1.165, 1.54) is 6.20 Å². The van der Waals surface area contributed by atoms with Gasteiger partial charge >= 0.3 is 0 Å². The van der Waals surface area contributed by atoms with Crippen LogP contribution in [0.4, 0.5) is 5.82 Å². The molecule has 0 unspecified atom stereocenters. The third kappa shape index (κ3) is 3.61. The van der Waals surface area contributed by atoms with E-state index in [0.29, 0.717) is 22.1 Å². The number of aliphatic hydroxyl groups is 1. The molecule has 0 bridgehead atoms. The molecule has 0 aliphatic carbocycles. The van der Waals surface area contributed by atoms with Crippen molar-refractivity contribution in [1.82, 2.24) is 14.8 Å². The maximum Gasteiger partial charge on any atom is 0.258 e. The van der Waals surface area contributed by atoms with Crippen LogP contribution in [0.15, 0.2) is 54.9 Å². The van der Waals surface area contributed by atoms with E-state index in [1.54, 1.807) is 41.2 Å². The first-order chi connectivity index (χ1) is 11.7. The summed E-state index contributed by atoms with van der Waals surface area (Å²) in [7, 11) is 0. The Kier molecular flexibility index (Phi) is 4.88. The third-order valence-corrected chi connectivity index (χ3v) is 3.65. The first-order valence-electron chi connectivity index (χ1n) is 7.33. The Labute approximate surface area is 143 Å². The van der Waals surface area contributed by atoms with Crippen LogP contribution < -0.4 is 5.32 Å². The monoisotopic (exact) mass is 342 g/mol. The molecule has 0 saturated heterocycles. The molecule has 0 aliphatic rings. The van der Waals surface area contributed by atoms with Crippen LogP contribution in [0.3, 0.4) is 0 Å². The number of hydrogen-bond donors (Lipinski definition) is 2. The number of pyridine rings is 1. The minimum Gasteiger partial charge on any atom is -0.394 e. The fourth-order valence-electron chi connectivity index (χ4n) is 2.23. The van der Waals surface area contributed by atoms with Crippen molar-refractivity contribution in [3.63, 3.8) is 0 Å². The topological polar surface area (TPSA) is 80.0 Å². The summed E-state index contributed by atoms with van der Waals surface area (Å²) in [5.41, 5.74) is 2.00. The van der Waals surface area contributed by atoms with Gasteiger partial charge in [0.05, 0.1) is 24.4 Å². The van der Waals surface area contributed by atoms with E-state index >= 15 is 0 Å². The van der Waals surface area contributed by atoms with E-state index in [9.17, 15) is 9.90 Å². The number of carbonyl (C=O) groups is 1. The number of carbonyl (C=O) groups excluding carboxylic acids is 1. The lowest BCUT2D eigenvalue weighted by molar-refractivity contribution is 0.102. The van der Waals surface area contributed by atoms with Crippen molar-refractivity contribution in [1.29, 1.82) is 0 Å². The van der Waals surface area contributed by atoms with Gasteiger partial charge in [-0.25, -0.2) is 4.68 Å². The number of halogens is 1. The van der Waals surface area contributed by atoms with Crippen molar-refractivity contribution >= 4 is 23.3 Å². The highest BCUT2D eigenvalue weighted by Crippen LogP contribution is 2.24. The Balaban J connectivity index is 1.89. The van der Waals surface area contributed by atoms with Gasteiger partial charge in [0, 0.05) is 29.0 Å². The zero-order valence-corrected chi connectivity index (χ0v) is 13.4. The molecule has 1 aromatic carbocycles. The van der Waals surface area contributed by atoms with Crippen molar-refractivity contribution in [2.75, 3.05) is 11.9 Å². The van der Waals surface area contributed by atoms with E-state index in [-0.39, 0.29) is 19.1 Å². The van der Waals surface area contributed by atoms with Crippen molar-refractivity contribution in [3.05, 3.63) is 65.4 Å². The van der Waals surface area contributed by atoms with Gasteiger partial charge in [0.1, 0.15) is 5.82 Å². The molecule has 0 spiro atoms. The van der Waals surface area contributed by atoms with Gasteiger partial charge in [-0.2, -0.15) is 5.10 Å². The molecular formula is C17H15ClN4O2. The molecule has 24 heavy (non-hydrogen) atoms. The summed E-state index contributed by atoms with van der Waals surface area (Å²) in [5.74, 6) is 0.215. The van der Waals surface area contributed by atoms with Crippen LogP contribution in [0.25, 0.3) is 11.3 Å². The second-order valence-electron chi connectivity index (χ2n) is 5.06. The molecule has 0 saturated carbocycles. The summed E-state index contributed by atoms with van der Waals surface area (Å²) in [6.45, 7) is 0.188. The van der Waals surface area contributed by atoms with Gasteiger partial charge in [-0.15, -0.1) is 0 Å². The molecule has 122 valence electrons. The lowest BCUT2D eigenvalue weighted by Gasteiger charge is -2.07. The van der Waals surface area contributed by atoms with Crippen LogP contribution >= 0.6 is 11.6 Å². The summed E-state index contributed by atoms with van der Waals surface area (Å²) < 4.78 is 1.55. The number of anilines is 1. The summed E-state index contributed by atoms with van der Waals surface area (Å²) in [6, 6.07) is 12.4. The minimum absolute atomic E-state index is 0.0858. The zero-order chi connectivity index (χ0) is 16.9. The molecule has 2 N–H and O–H groups in total. The maximum atomic E-state index is 12.3. The number of benzene rings is 1. The summed E-state index contributed by atoms with van der Waals surface area (Å²) in [5, 5.41) is 17.1. The molecule has 2 heterocycles. The number of nitrogens with zero attached hydrogens (tertiary/aromatic N) is 3. The fourth-order valence-corrected chi connectivity index (χ4v) is 2.36. The number of aromatic nitrogens is 3. The average Bonchev–Trinajstić information content (AvgIpc) is 2.99. The van der Waals surface area contributed by atoms with Crippen molar-refractivity contribution in [3.8, 4) is 11.3 Å². The van der Waals surface area contributed by atoms with Crippen LogP contribution in [0.2, 0.25) is 5.02 Å². The first-order valence-corrected chi connectivity index (χ1v) is 7.71. The van der Waals surface area contributed by atoms with Crippen LogP contribution in [0, 0.1) is 0 Å². The molecule has 2 aromatic heterocycles. The highest BCUT2D eigenvalue weighted by molar-refractivity contribution is 6.30. The Bertz CT molecular complexity index is 832. The smallest absolute Gasteiger partial charge is 0.258 e. The van der Waals surface area contributed by atoms with E-state index < -0.39 is 0 Å². The van der Waals surface area contributed by atoms with Gasteiger partial charge in [0.25, 0.3) is 5.91 Å². The lowest BCUT2D eigenvalue weighted by Crippen LogP contribution is -2.16. The second kappa shape index (κ2) is 7.25. The van der Waals surface area contributed by atoms with E-state index in [0.717, 1.165) is 5.56 Å². The normalized spacial score (nSPS) is 10.6. The fraction of sp³-hybridized carbons (Fsp3) is 0.118. The molecule has 0 radical (unpaired) electrons. The third-order valence-electron chi connectivity index (χ3n) is 3.40. The van der Waals surface area contributed by atoms with Crippen molar-refractivity contribution < 1.29 is 9.90 Å². The minimum atomic E-state index is -0.287. The second-order valence-corrected chi connectivity index (χ2v) is 5.50. The van der Waals surface area contributed by atoms with E-state index in [1.807, 2.05) is 12.1 Å². The summed E-state index contributed by atoms with van der Waals surface area (Å²) in [4.78, 5) is 16.2. The predicted molar refractivity (Wildman–Crippen MR) is 91.9 cm³/mol. The standard InChI is InChI=1S/C17H15ClN4O2/c18-14-5-3-12(4-6-14)15-10-16(22(21-15)8-9-23)20-17(24)13-2-1-7-19-11-13/h1-7,10-11,23H,8-9H2,(H,20,24). The van der Waals surface area contributed by atoms with E-state index in [2.05, 4.69) is 15.4 Å². The van der Waals surface area contributed by atoms with Crippen LogP contribution in [0.5, 0.6) is 0 Å². The highest BCUT2D eigenvalue weighted by atomic mass is 35.5. The van der Waals surface area contributed by atoms with Crippen LogP contribution in [-0.4, -0.2) is 32.4 Å². The molecule has 1 amide bonds. The lowest BCUT2D eigenvalue weighted by atomic mass is 10.1. The first kappa shape index (κ1) is 16.2. The number of amides is 1. The Morgan fingerprint density at radius 1 is 1.25 bits per heavy atom. The molecule has 0 aliphatic heterocycles. The molecule has 0 atom stereocenters. The Morgan fingerprint density at radius 2 is 2.04 bits per heavy atom. The van der Waals surface area contributed by atoms with Gasteiger partial charge in [0.2, 0.25) is 0 Å². The molecular weight excluding hydrogens is 328 g/mol. The molecule has 7 heteroatoms. The van der Waals surface area contributed by atoms with Crippen LogP contribution in [0.1, 0.15) is 10.4 Å². The van der Waals surface area contributed by atoms with Crippen molar-refractivity contribution in [2.24, 2.45) is 0 Å². The van der Waals surface area contributed by atoms with Gasteiger partial charge in [0.15, 0.2) is 0 Å². The van der Waals surface area contributed by atoms with Gasteiger partial charge < -0.3 is 10.4 Å². The number of nitrogens with one attached hydrogen (secondary N) is 1. The predicted octanol–water partition coefficient (Wildman–Crippen LogP) is 2.84. The summed E-state index contributed by atoms with van der Waals surface area (Å²) in [6.07, 6.45) is 3.09. The van der Waals surface area contributed by atoms with Crippen molar-refractivity contribution in [2.45, 2.75) is 6.54 Å². The molecule has 3 rings (SSSR count). The number of rotatable bonds is 5. The highest BCUT2D eigenvalue weighted by Gasteiger charge is 2.13. The summed E-state index contributed by atoms with van der Waals surface area (Å²) >= 11 is 5.90. The Hall–Kier alpha value is -2.70. The SMILES string of the molecule is O=C(Nc1cc(-c2ccc(Cl)cc2)nn1CCO)c1cccnc1. The van der Waals surface area contributed by atoms with Crippen LogP contribution in [-0.2, 0) is 6.54 Å². The number of hydrogen-bond acceptors (Lipinski definition) is 4. The van der Waals surface area contributed by atoms with Gasteiger partial charge in [-0.3, -0.25) is 9.78 Å². The Morgan fingerprint density at radius 3 is 2.71 bits per heavy atom.